The van der Waals surface area contributed by atoms with Gasteiger partial charge in [-0.3, -0.25) is 0 Å². The molecule has 2 nitrogen and oxygen atoms in total. The monoisotopic (exact) mass is 301 g/mol. The Bertz CT molecular complexity index is 542. The van der Waals surface area contributed by atoms with E-state index in [1.807, 2.05) is 24.4 Å². The van der Waals surface area contributed by atoms with Crippen molar-refractivity contribution in [1.29, 1.82) is 0 Å². The maximum absolute atomic E-state index is 10.0. The summed E-state index contributed by atoms with van der Waals surface area (Å²) in [5.41, 5.74) is 1.78. The molecule has 0 amide bonds. The van der Waals surface area contributed by atoms with E-state index in [1.165, 1.54) is 0 Å². The number of benzene rings is 1. The topological polar surface area (TPSA) is 33.1 Å². The van der Waals surface area contributed by atoms with E-state index in [-0.39, 0.29) is 0 Å². The Balaban J connectivity index is 2.03. The molecule has 2 aromatic rings. The summed E-state index contributed by atoms with van der Waals surface area (Å²) in [6.45, 7) is 1.95. The van der Waals surface area contributed by atoms with Crippen molar-refractivity contribution in [2.75, 3.05) is 0 Å². The second kappa shape index (κ2) is 6.02. The molecule has 0 bridgehead atoms. The number of thiazole rings is 1. The van der Waals surface area contributed by atoms with Gasteiger partial charge in [-0.25, -0.2) is 4.98 Å². The van der Waals surface area contributed by atoms with E-state index in [0.29, 0.717) is 22.9 Å². The fourth-order valence-corrected chi connectivity index (χ4v) is 2.80. The van der Waals surface area contributed by atoms with E-state index >= 15 is 0 Å². The normalized spacial score (nSPS) is 12.7. The second-order valence-corrected chi connectivity index (χ2v) is 5.98. The molecule has 1 aromatic heterocycles. The highest BCUT2D eigenvalue weighted by Gasteiger charge is 2.12. The molecule has 2 rings (SSSR count). The van der Waals surface area contributed by atoms with Crippen LogP contribution in [0.4, 0.5) is 0 Å². The Morgan fingerprint density at radius 2 is 2.11 bits per heavy atom. The number of aliphatic hydroxyl groups is 1. The van der Waals surface area contributed by atoms with Gasteiger partial charge in [-0.05, 0) is 18.6 Å². The zero-order chi connectivity index (χ0) is 13.1. The van der Waals surface area contributed by atoms with E-state index in [9.17, 15) is 5.11 Å². The Morgan fingerprint density at radius 1 is 1.33 bits per heavy atom. The van der Waals surface area contributed by atoms with E-state index in [4.69, 9.17) is 23.2 Å². The van der Waals surface area contributed by atoms with Gasteiger partial charge in [0.05, 0.1) is 26.9 Å². The van der Waals surface area contributed by atoms with Crippen LogP contribution in [0.3, 0.4) is 0 Å². The number of hydrogen-bond acceptors (Lipinski definition) is 3. The third kappa shape index (κ3) is 3.45. The van der Waals surface area contributed by atoms with Crippen LogP contribution in [0.25, 0.3) is 0 Å². The molecule has 1 aromatic carbocycles. The van der Waals surface area contributed by atoms with Gasteiger partial charge in [0, 0.05) is 18.2 Å². The molecule has 0 radical (unpaired) electrons. The number of nitrogens with zero attached hydrogens (tertiary/aromatic N) is 1. The molecule has 0 saturated carbocycles. The first-order valence-electron chi connectivity index (χ1n) is 5.58. The predicted octanol–water partition coefficient (Wildman–Crippen LogP) is 3.90. The lowest BCUT2D eigenvalue weighted by molar-refractivity contribution is 0.174. The van der Waals surface area contributed by atoms with Gasteiger partial charge in [0.2, 0.25) is 0 Å². The Morgan fingerprint density at radius 3 is 2.78 bits per heavy atom. The van der Waals surface area contributed by atoms with Gasteiger partial charge in [0.1, 0.15) is 0 Å². The Kier molecular flexibility index (Phi) is 4.62. The summed E-state index contributed by atoms with van der Waals surface area (Å²) in [5.74, 6) is 0. The second-order valence-electron chi connectivity index (χ2n) is 4.13. The van der Waals surface area contributed by atoms with Crippen molar-refractivity contribution in [2.45, 2.75) is 25.9 Å². The fourth-order valence-electron chi connectivity index (χ4n) is 1.78. The molecular formula is C13H13Cl2NOS. The van der Waals surface area contributed by atoms with Crippen molar-refractivity contribution in [3.05, 3.63) is 49.9 Å². The maximum atomic E-state index is 10.0. The van der Waals surface area contributed by atoms with Crippen molar-refractivity contribution in [3.8, 4) is 0 Å². The van der Waals surface area contributed by atoms with Gasteiger partial charge >= 0.3 is 0 Å². The van der Waals surface area contributed by atoms with E-state index < -0.39 is 6.10 Å². The van der Waals surface area contributed by atoms with Crippen molar-refractivity contribution in [3.63, 3.8) is 0 Å². The summed E-state index contributed by atoms with van der Waals surface area (Å²) in [4.78, 5) is 4.33. The van der Waals surface area contributed by atoms with Gasteiger partial charge in [-0.2, -0.15) is 0 Å². The molecule has 96 valence electrons. The molecule has 1 unspecified atom stereocenters. The first-order chi connectivity index (χ1) is 8.56. The van der Waals surface area contributed by atoms with Crippen LogP contribution < -0.4 is 0 Å². The molecule has 0 fully saturated rings. The van der Waals surface area contributed by atoms with Gasteiger partial charge in [-0.15, -0.1) is 11.3 Å². The minimum absolute atomic E-state index is 0.482. The predicted molar refractivity (Wildman–Crippen MR) is 76.7 cm³/mol. The number of aliphatic hydroxyl groups excluding tert-OH is 1. The average molecular weight is 302 g/mol. The summed E-state index contributed by atoms with van der Waals surface area (Å²) in [6, 6.07) is 5.45. The molecule has 0 aliphatic heterocycles. The SMILES string of the molecule is Cc1nc(CC(O)Cc2cccc(Cl)c2Cl)cs1. The minimum Gasteiger partial charge on any atom is -0.392 e. The van der Waals surface area contributed by atoms with E-state index in [0.717, 1.165) is 16.3 Å². The first-order valence-corrected chi connectivity index (χ1v) is 7.22. The van der Waals surface area contributed by atoms with Crippen LogP contribution >= 0.6 is 34.5 Å². The molecule has 0 spiro atoms. The van der Waals surface area contributed by atoms with Crippen LogP contribution in [0.1, 0.15) is 16.3 Å². The summed E-state index contributed by atoms with van der Waals surface area (Å²) < 4.78 is 0. The quantitative estimate of drug-likeness (QED) is 0.929. The highest BCUT2D eigenvalue weighted by Crippen LogP contribution is 2.26. The Hall–Kier alpha value is -0.610. The third-order valence-electron chi connectivity index (χ3n) is 2.60. The lowest BCUT2D eigenvalue weighted by Gasteiger charge is -2.11. The zero-order valence-corrected chi connectivity index (χ0v) is 12.2. The highest BCUT2D eigenvalue weighted by atomic mass is 35.5. The van der Waals surface area contributed by atoms with Crippen LogP contribution in [0.5, 0.6) is 0 Å². The van der Waals surface area contributed by atoms with Crippen LogP contribution in [0, 0.1) is 6.92 Å². The lowest BCUT2D eigenvalue weighted by Crippen LogP contribution is -2.14. The number of halogens is 2. The standard InChI is InChI=1S/C13H13Cl2NOS/c1-8-16-10(7-18-8)6-11(17)5-9-3-2-4-12(14)13(9)15/h2-4,7,11,17H,5-6H2,1H3. The lowest BCUT2D eigenvalue weighted by atomic mass is 10.0. The molecule has 1 heterocycles. The number of hydrogen-bond donors (Lipinski definition) is 1. The van der Waals surface area contributed by atoms with E-state index in [1.54, 1.807) is 17.4 Å². The fraction of sp³-hybridized carbons (Fsp3) is 0.308. The smallest absolute Gasteiger partial charge is 0.0897 e. The largest absolute Gasteiger partial charge is 0.392 e. The molecule has 0 aliphatic rings. The summed E-state index contributed by atoms with van der Waals surface area (Å²) in [7, 11) is 0. The summed E-state index contributed by atoms with van der Waals surface area (Å²) in [5, 5.41) is 14.1. The van der Waals surface area contributed by atoms with Gasteiger partial charge < -0.3 is 5.11 Å². The number of aryl methyl sites for hydroxylation is 1. The average Bonchev–Trinajstić information content (AvgIpc) is 2.70. The molecule has 0 aliphatic carbocycles. The highest BCUT2D eigenvalue weighted by molar-refractivity contribution is 7.09. The third-order valence-corrected chi connectivity index (χ3v) is 4.28. The van der Waals surface area contributed by atoms with Crippen molar-refractivity contribution >= 4 is 34.5 Å². The maximum Gasteiger partial charge on any atom is 0.0897 e. The van der Waals surface area contributed by atoms with Crippen LogP contribution in [-0.2, 0) is 12.8 Å². The van der Waals surface area contributed by atoms with Crippen molar-refractivity contribution in [2.24, 2.45) is 0 Å². The molecule has 5 heteroatoms. The number of rotatable bonds is 4. The summed E-state index contributed by atoms with van der Waals surface area (Å²) >= 11 is 13.6. The van der Waals surface area contributed by atoms with Gasteiger partial charge in [-0.1, -0.05) is 35.3 Å². The Labute approximate surface area is 120 Å². The molecule has 1 N–H and O–H groups in total. The summed E-state index contributed by atoms with van der Waals surface area (Å²) in [6.07, 6.45) is 0.519. The van der Waals surface area contributed by atoms with E-state index in [2.05, 4.69) is 4.98 Å². The first kappa shape index (κ1) is 13.8. The van der Waals surface area contributed by atoms with Crippen LogP contribution in [0.2, 0.25) is 10.0 Å². The number of aromatic nitrogens is 1. The van der Waals surface area contributed by atoms with Crippen molar-refractivity contribution < 1.29 is 5.11 Å². The molecule has 0 saturated heterocycles. The van der Waals surface area contributed by atoms with Gasteiger partial charge in [0.25, 0.3) is 0 Å². The zero-order valence-electron chi connectivity index (χ0n) is 9.86. The molecular weight excluding hydrogens is 289 g/mol. The van der Waals surface area contributed by atoms with Crippen LogP contribution in [-0.4, -0.2) is 16.2 Å². The molecule has 18 heavy (non-hydrogen) atoms. The molecule has 1 atom stereocenters. The van der Waals surface area contributed by atoms with Crippen molar-refractivity contribution in [1.82, 2.24) is 4.98 Å². The van der Waals surface area contributed by atoms with Crippen LogP contribution in [0.15, 0.2) is 23.6 Å². The van der Waals surface area contributed by atoms with Gasteiger partial charge in [0.15, 0.2) is 0 Å². The minimum atomic E-state index is -0.498.